The number of amides is 1. The van der Waals surface area contributed by atoms with Crippen molar-refractivity contribution in [1.29, 1.82) is 0 Å². The molecule has 2 aromatic rings. The summed E-state index contributed by atoms with van der Waals surface area (Å²) in [5.74, 6) is -1.78. The third kappa shape index (κ3) is 3.82. The molecule has 9 heteroatoms. The van der Waals surface area contributed by atoms with E-state index in [-0.39, 0.29) is 11.8 Å². The Morgan fingerprint density at radius 1 is 1.28 bits per heavy atom. The summed E-state index contributed by atoms with van der Waals surface area (Å²) >= 11 is 0. The van der Waals surface area contributed by atoms with Crippen LogP contribution in [0.2, 0.25) is 0 Å². The van der Waals surface area contributed by atoms with Crippen LogP contribution in [0.3, 0.4) is 0 Å². The zero-order valence-corrected chi connectivity index (χ0v) is 16.2. The van der Waals surface area contributed by atoms with E-state index in [4.69, 9.17) is 4.74 Å². The number of allylic oxidation sites excluding steroid dienone is 1. The number of hydrazone groups is 1. The number of nitrogens with zero attached hydrogens (tertiary/aromatic N) is 5. The first-order valence-electron chi connectivity index (χ1n) is 9.34. The van der Waals surface area contributed by atoms with Crippen molar-refractivity contribution < 1.29 is 18.3 Å². The van der Waals surface area contributed by atoms with Crippen molar-refractivity contribution in [2.24, 2.45) is 11.0 Å². The van der Waals surface area contributed by atoms with Crippen LogP contribution in [-0.2, 0) is 22.7 Å². The number of benzene rings is 1. The van der Waals surface area contributed by atoms with Crippen LogP contribution in [0.5, 0.6) is 0 Å². The van der Waals surface area contributed by atoms with E-state index in [9.17, 15) is 13.6 Å². The lowest BCUT2D eigenvalue weighted by molar-refractivity contribution is -0.136. The maximum absolute atomic E-state index is 13.6. The molecule has 1 aromatic heterocycles. The first-order chi connectivity index (χ1) is 14.0. The van der Waals surface area contributed by atoms with E-state index in [0.29, 0.717) is 31.6 Å². The molecule has 0 saturated carbocycles. The van der Waals surface area contributed by atoms with Gasteiger partial charge in [0.1, 0.15) is 17.3 Å². The highest BCUT2D eigenvalue weighted by molar-refractivity contribution is 5.86. The summed E-state index contributed by atoms with van der Waals surface area (Å²) in [6, 6.07) is 2.83. The van der Waals surface area contributed by atoms with Crippen LogP contribution in [0, 0.1) is 17.6 Å². The molecule has 2 heterocycles. The van der Waals surface area contributed by atoms with Gasteiger partial charge >= 0.3 is 0 Å². The molecule has 1 amide bonds. The largest absolute Gasteiger partial charge is 0.378 e. The molecular formula is C20H21F2N5O2. The van der Waals surface area contributed by atoms with Crippen LogP contribution in [-0.4, -0.2) is 39.2 Å². The van der Waals surface area contributed by atoms with Crippen molar-refractivity contribution in [3.05, 3.63) is 58.4 Å². The first-order valence-corrected chi connectivity index (χ1v) is 9.34. The minimum absolute atomic E-state index is 0.159. The lowest BCUT2D eigenvalue weighted by atomic mass is 9.77. The number of ether oxygens (including phenoxy) is 1. The van der Waals surface area contributed by atoms with Gasteiger partial charge in [-0.15, -0.1) is 5.10 Å². The van der Waals surface area contributed by atoms with Gasteiger partial charge in [-0.3, -0.25) is 4.79 Å². The summed E-state index contributed by atoms with van der Waals surface area (Å²) in [4.78, 5) is 13.0. The molecule has 0 spiro atoms. The van der Waals surface area contributed by atoms with Crippen molar-refractivity contribution in [1.82, 2.24) is 20.0 Å². The topological polar surface area (TPSA) is 72.6 Å². The summed E-state index contributed by atoms with van der Waals surface area (Å²) < 4.78 is 34.0. The summed E-state index contributed by atoms with van der Waals surface area (Å²) in [6.07, 6.45) is 4.45. The smallest absolute Gasteiger partial charge is 0.250 e. The van der Waals surface area contributed by atoms with Gasteiger partial charge in [0.05, 0.1) is 31.3 Å². The fraction of sp³-hybridized carbons (Fsp3) is 0.400. The molecule has 0 N–H and O–H groups in total. The molecule has 1 aliphatic carbocycles. The van der Waals surface area contributed by atoms with E-state index < -0.39 is 17.7 Å². The average molecular weight is 401 g/mol. The molecule has 2 aliphatic rings. The monoisotopic (exact) mass is 401 g/mol. The van der Waals surface area contributed by atoms with Gasteiger partial charge in [-0.1, -0.05) is 10.8 Å². The van der Waals surface area contributed by atoms with E-state index in [1.807, 2.05) is 13.1 Å². The molecule has 2 unspecified atom stereocenters. The number of hydrogen-bond donors (Lipinski definition) is 0. The van der Waals surface area contributed by atoms with Crippen LogP contribution in [0.4, 0.5) is 8.78 Å². The Balaban J connectivity index is 1.46. The maximum Gasteiger partial charge on any atom is 0.250 e. The molecule has 0 radical (unpaired) electrons. The number of halogens is 2. The van der Waals surface area contributed by atoms with Crippen molar-refractivity contribution in [3.8, 4) is 0 Å². The summed E-state index contributed by atoms with van der Waals surface area (Å²) in [5, 5.41) is 13.6. The fourth-order valence-corrected chi connectivity index (χ4v) is 3.79. The number of carbonyl (C=O) groups excluding carboxylic acids is 1. The highest BCUT2D eigenvalue weighted by Gasteiger charge is 2.39. The molecule has 29 heavy (non-hydrogen) atoms. The minimum Gasteiger partial charge on any atom is -0.378 e. The van der Waals surface area contributed by atoms with Crippen molar-refractivity contribution in [2.75, 3.05) is 7.11 Å². The second kappa shape index (κ2) is 7.82. The predicted octanol–water partition coefficient (Wildman–Crippen LogP) is 3.00. The lowest BCUT2D eigenvalue weighted by Crippen LogP contribution is -2.38. The molecule has 2 atom stereocenters. The Bertz CT molecular complexity index is 980. The average Bonchev–Trinajstić information content (AvgIpc) is 3.33. The van der Waals surface area contributed by atoms with E-state index in [0.717, 1.165) is 22.9 Å². The second-order valence-corrected chi connectivity index (χ2v) is 7.32. The fourth-order valence-electron chi connectivity index (χ4n) is 3.79. The Labute approximate surface area is 166 Å². The number of aromatic nitrogens is 3. The summed E-state index contributed by atoms with van der Waals surface area (Å²) in [5.41, 5.74) is 3.25. The van der Waals surface area contributed by atoms with Crippen LogP contribution < -0.4 is 0 Å². The quantitative estimate of drug-likeness (QED) is 0.698. The normalized spacial score (nSPS) is 21.0. The second-order valence-electron chi connectivity index (χ2n) is 7.32. The van der Waals surface area contributed by atoms with E-state index in [2.05, 4.69) is 15.4 Å². The highest BCUT2D eigenvalue weighted by atomic mass is 19.1. The molecule has 152 valence electrons. The number of methoxy groups -OCH3 is 1. The molecule has 0 saturated heterocycles. The van der Waals surface area contributed by atoms with Crippen LogP contribution in [0.15, 0.2) is 40.6 Å². The molecule has 0 fully saturated rings. The van der Waals surface area contributed by atoms with Gasteiger partial charge in [-0.25, -0.2) is 18.5 Å². The standard InChI is InChI=1S/C20H21F2N5O2/c1-12-14(9-26-10-17(11-29-2)24-25-26)7-18(12)20(28)27-19(3-4-23-27)13-5-15(21)8-16(22)6-13/h4-6,8,10,18-19H,3,7,9,11H2,1-2H3. The third-order valence-electron chi connectivity index (χ3n) is 5.39. The Kier molecular flexibility index (Phi) is 5.23. The van der Waals surface area contributed by atoms with Crippen LogP contribution >= 0.6 is 0 Å². The molecule has 4 rings (SSSR count). The first kappa shape index (κ1) is 19.4. The van der Waals surface area contributed by atoms with E-state index in [1.54, 1.807) is 18.0 Å². The van der Waals surface area contributed by atoms with Crippen molar-refractivity contribution >= 4 is 12.1 Å². The van der Waals surface area contributed by atoms with E-state index >= 15 is 0 Å². The maximum atomic E-state index is 13.6. The van der Waals surface area contributed by atoms with Crippen LogP contribution in [0.25, 0.3) is 0 Å². The molecule has 0 bridgehead atoms. The summed E-state index contributed by atoms with van der Waals surface area (Å²) in [7, 11) is 1.60. The van der Waals surface area contributed by atoms with Crippen molar-refractivity contribution in [3.63, 3.8) is 0 Å². The SMILES string of the molecule is COCc1cn(CC2=C(C)C(C(=O)N3N=CCC3c3cc(F)cc(F)c3)C2)nn1. The van der Waals surface area contributed by atoms with Gasteiger partial charge in [0, 0.05) is 25.8 Å². The molecule has 1 aliphatic heterocycles. The van der Waals surface area contributed by atoms with Gasteiger partial charge in [-0.2, -0.15) is 5.10 Å². The Hall–Kier alpha value is -2.94. The Morgan fingerprint density at radius 2 is 2.03 bits per heavy atom. The molecule has 1 aromatic carbocycles. The number of carbonyl (C=O) groups is 1. The van der Waals surface area contributed by atoms with Gasteiger partial charge in [0.25, 0.3) is 5.91 Å². The minimum atomic E-state index is -0.665. The highest BCUT2D eigenvalue weighted by Crippen LogP contribution is 2.40. The number of hydrogen-bond acceptors (Lipinski definition) is 5. The van der Waals surface area contributed by atoms with Gasteiger partial charge in [-0.05, 0) is 36.6 Å². The third-order valence-corrected chi connectivity index (χ3v) is 5.39. The Morgan fingerprint density at radius 3 is 2.72 bits per heavy atom. The zero-order chi connectivity index (χ0) is 20.5. The molecular weight excluding hydrogens is 380 g/mol. The van der Waals surface area contributed by atoms with Gasteiger partial charge < -0.3 is 4.74 Å². The van der Waals surface area contributed by atoms with Gasteiger partial charge in [0.2, 0.25) is 0 Å². The molecule has 7 nitrogen and oxygen atoms in total. The van der Waals surface area contributed by atoms with Crippen LogP contribution in [0.1, 0.15) is 37.1 Å². The predicted molar refractivity (Wildman–Crippen MR) is 101 cm³/mol. The van der Waals surface area contributed by atoms with Crippen molar-refractivity contribution in [2.45, 2.75) is 39.0 Å². The zero-order valence-electron chi connectivity index (χ0n) is 16.2. The van der Waals surface area contributed by atoms with E-state index in [1.165, 1.54) is 17.1 Å². The number of rotatable bonds is 6. The van der Waals surface area contributed by atoms with Gasteiger partial charge in [0.15, 0.2) is 0 Å². The lowest BCUT2D eigenvalue weighted by Gasteiger charge is -2.34. The summed E-state index contributed by atoms with van der Waals surface area (Å²) in [6.45, 7) is 2.88.